The Labute approximate surface area is 206 Å². The second kappa shape index (κ2) is 10.3. The third kappa shape index (κ3) is 5.15. The monoisotopic (exact) mass is 508 g/mol. The number of ether oxygens (including phenoxy) is 2. The summed E-state index contributed by atoms with van der Waals surface area (Å²) < 4.78 is 69.8. The van der Waals surface area contributed by atoms with Gasteiger partial charge in [0.2, 0.25) is 0 Å². The molecule has 0 N–H and O–H groups in total. The summed E-state index contributed by atoms with van der Waals surface area (Å²) in [5, 5.41) is 0.182. The Hall–Kier alpha value is -3.06. The maximum Gasteiger partial charge on any atom is 0.350 e. The van der Waals surface area contributed by atoms with Gasteiger partial charge in [0.15, 0.2) is 23.1 Å². The summed E-state index contributed by atoms with van der Waals surface area (Å²) in [5.74, 6) is -6.79. The summed E-state index contributed by atoms with van der Waals surface area (Å²) in [4.78, 5) is 12.5. The van der Waals surface area contributed by atoms with E-state index in [1.54, 1.807) is 0 Å². The molecule has 8 heteroatoms. The molecule has 0 spiro atoms. The first-order valence-electron chi connectivity index (χ1n) is 10.9. The van der Waals surface area contributed by atoms with E-state index in [4.69, 9.17) is 21.1 Å². The van der Waals surface area contributed by atoms with Crippen LogP contribution in [-0.2, 0) is 14.3 Å². The van der Waals surface area contributed by atoms with Crippen LogP contribution in [0.1, 0.15) is 51.2 Å². The van der Waals surface area contributed by atoms with E-state index in [1.807, 2.05) is 0 Å². The van der Waals surface area contributed by atoms with E-state index in [0.29, 0.717) is 12.8 Å². The van der Waals surface area contributed by atoms with Crippen LogP contribution in [0.2, 0.25) is 5.02 Å². The first kappa shape index (κ1) is 26.5. The van der Waals surface area contributed by atoms with Gasteiger partial charge >= 0.3 is 5.97 Å². The van der Waals surface area contributed by atoms with Crippen molar-refractivity contribution in [1.29, 1.82) is 0 Å². The SMILES string of the molecule is C=CCOC(=O)C(C)(C)OC(=C1CCC1)c1cc(-c2c(F)c(F)c(F)c(C(=C)C)c2F)ccc1Cl. The van der Waals surface area contributed by atoms with Gasteiger partial charge in [-0.15, -0.1) is 0 Å². The van der Waals surface area contributed by atoms with Crippen molar-refractivity contribution in [2.24, 2.45) is 0 Å². The number of carbonyl (C=O) groups excluding carboxylic acids is 1. The Bertz CT molecular complexity index is 1240. The van der Waals surface area contributed by atoms with Crippen LogP contribution in [0, 0.1) is 23.3 Å². The van der Waals surface area contributed by atoms with Crippen LogP contribution >= 0.6 is 11.6 Å². The molecule has 0 unspecified atom stereocenters. The number of esters is 1. The summed E-state index contributed by atoms with van der Waals surface area (Å²) in [6, 6.07) is 3.99. The van der Waals surface area contributed by atoms with Crippen LogP contribution in [0.5, 0.6) is 0 Å². The topological polar surface area (TPSA) is 35.5 Å². The fourth-order valence-corrected chi connectivity index (χ4v) is 3.82. The van der Waals surface area contributed by atoms with Crippen molar-refractivity contribution in [2.75, 3.05) is 6.61 Å². The van der Waals surface area contributed by atoms with E-state index in [0.717, 1.165) is 12.0 Å². The Morgan fingerprint density at radius 2 is 1.77 bits per heavy atom. The lowest BCUT2D eigenvalue weighted by Crippen LogP contribution is -2.36. The molecule has 0 aliphatic heterocycles. The summed E-state index contributed by atoms with van der Waals surface area (Å²) in [7, 11) is 0. The molecule has 0 amide bonds. The van der Waals surface area contributed by atoms with Crippen LogP contribution < -0.4 is 0 Å². The lowest BCUT2D eigenvalue weighted by molar-refractivity contribution is -0.160. The molecule has 1 aliphatic rings. The minimum atomic E-state index is -1.81. The number of carbonyl (C=O) groups is 1. The highest BCUT2D eigenvalue weighted by Crippen LogP contribution is 2.42. The maximum absolute atomic E-state index is 15.2. The average molecular weight is 509 g/mol. The van der Waals surface area contributed by atoms with Gasteiger partial charge in [-0.1, -0.05) is 36.9 Å². The maximum atomic E-state index is 15.2. The molecule has 3 rings (SSSR count). The highest BCUT2D eigenvalue weighted by molar-refractivity contribution is 6.32. The Balaban J connectivity index is 2.17. The molecule has 0 atom stereocenters. The van der Waals surface area contributed by atoms with Gasteiger partial charge < -0.3 is 9.47 Å². The molecule has 0 radical (unpaired) electrons. The van der Waals surface area contributed by atoms with Crippen molar-refractivity contribution in [3.63, 3.8) is 0 Å². The smallest absolute Gasteiger partial charge is 0.350 e. The van der Waals surface area contributed by atoms with E-state index in [9.17, 15) is 18.0 Å². The summed E-state index contributed by atoms with van der Waals surface area (Å²) in [6.07, 6.45) is 3.64. The fourth-order valence-electron chi connectivity index (χ4n) is 3.62. The lowest BCUT2D eigenvalue weighted by atomic mass is 9.88. The Morgan fingerprint density at radius 1 is 1.11 bits per heavy atom. The molecule has 0 heterocycles. The van der Waals surface area contributed by atoms with E-state index >= 15 is 4.39 Å². The summed E-state index contributed by atoms with van der Waals surface area (Å²) >= 11 is 6.43. The summed E-state index contributed by atoms with van der Waals surface area (Å²) in [5.41, 5.74) is -2.01. The van der Waals surface area contributed by atoms with Crippen molar-refractivity contribution in [2.45, 2.75) is 45.6 Å². The quantitative estimate of drug-likeness (QED) is 0.0904. The molecule has 0 saturated heterocycles. The molecule has 35 heavy (non-hydrogen) atoms. The molecular weight excluding hydrogens is 484 g/mol. The van der Waals surface area contributed by atoms with Crippen molar-refractivity contribution in [1.82, 2.24) is 0 Å². The van der Waals surface area contributed by atoms with Crippen LogP contribution in [-0.4, -0.2) is 18.2 Å². The predicted molar refractivity (Wildman–Crippen MR) is 129 cm³/mol. The van der Waals surface area contributed by atoms with Crippen molar-refractivity contribution >= 4 is 28.9 Å². The largest absolute Gasteiger partial charge is 0.476 e. The molecule has 1 aliphatic carbocycles. The van der Waals surface area contributed by atoms with Crippen molar-refractivity contribution in [3.8, 4) is 11.1 Å². The van der Waals surface area contributed by atoms with E-state index in [-0.39, 0.29) is 34.1 Å². The first-order valence-corrected chi connectivity index (χ1v) is 11.3. The zero-order valence-electron chi connectivity index (χ0n) is 19.7. The van der Waals surface area contributed by atoms with Crippen LogP contribution in [0.3, 0.4) is 0 Å². The van der Waals surface area contributed by atoms with Crippen molar-refractivity contribution in [3.05, 3.63) is 82.4 Å². The molecule has 3 nitrogen and oxygen atoms in total. The Morgan fingerprint density at radius 3 is 2.31 bits per heavy atom. The third-order valence-electron chi connectivity index (χ3n) is 5.65. The van der Waals surface area contributed by atoms with Gasteiger partial charge in [-0.2, -0.15) is 0 Å². The standard InChI is InChI=1S/C27H25ClF4O3/c1-6-12-34-26(33)27(4,5)35-25(15-8-7-9-15)17-13-16(10-11-18(17)28)20-21(29)19(14(2)3)22(30)24(32)23(20)31/h6,10-11,13H,1-2,7-9,12H2,3-5H3. The molecule has 0 aromatic heterocycles. The minimum absolute atomic E-state index is 0.00644. The molecule has 186 valence electrons. The minimum Gasteiger partial charge on any atom is -0.476 e. The number of rotatable bonds is 8. The van der Waals surface area contributed by atoms with Gasteiger partial charge in [-0.25, -0.2) is 22.4 Å². The number of halogens is 5. The highest BCUT2D eigenvalue weighted by Gasteiger charge is 2.35. The number of benzene rings is 2. The van der Waals surface area contributed by atoms with Gasteiger partial charge in [0, 0.05) is 5.56 Å². The lowest BCUT2D eigenvalue weighted by Gasteiger charge is -2.30. The van der Waals surface area contributed by atoms with Crippen LogP contribution in [0.4, 0.5) is 17.6 Å². The Kier molecular flexibility index (Phi) is 7.80. The summed E-state index contributed by atoms with van der Waals surface area (Å²) in [6.45, 7) is 11.3. The normalized spacial score (nSPS) is 13.2. The number of hydrogen-bond donors (Lipinski definition) is 0. The second-order valence-electron chi connectivity index (χ2n) is 8.77. The highest BCUT2D eigenvalue weighted by atomic mass is 35.5. The number of allylic oxidation sites excluding steroid dienone is 2. The van der Waals surface area contributed by atoms with Gasteiger partial charge in [0.05, 0.1) is 16.1 Å². The molecular formula is C27H25ClF4O3. The van der Waals surface area contributed by atoms with Crippen LogP contribution in [0.15, 0.2) is 43.0 Å². The molecule has 1 saturated carbocycles. The third-order valence-corrected chi connectivity index (χ3v) is 5.98. The van der Waals surface area contributed by atoms with E-state index < -0.39 is 46.0 Å². The van der Waals surface area contributed by atoms with E-state index in [2.05, 4.69) is 13.2 Å². The van der Waals surface area contributed by atoms with E-state index in [1.165, 1.54) is 45.0 Å². The molecule has 2 aromatic carbocycles. The molecule has 2 aromatic rings. The average Bonchev–Trinajstić information content (AvgIpc) is 2.75. The zero-order chi connectivity index (χ0) is 26.1. The van der Waals surface area contributed by atoms with Crippen LogP contribution in [0.25, 0.3) is 22.5 Å². The van der Waals surface area contributed by atoms with Gasteiger partial charge in [0.25, 0.3) is 0 Å². The fraction of sp³-hybridized carbons (Fsp3) is 0.296. The zero-order valence-corrected chi connectivity index (χ0v) is 20.4. The number of hydrogen-bond acceptors (Lipinski definition) is 3. The molecule has 0 bridgehead atoms. The van der Waals surface area contributed by atoms with Gasteiger partial charge in [-0.05, 0) is 68.9 Å². The second-order valence-corrected chi connectivity index (χ2v) is 9.17. The van der Waals surface area contributed by atoms with Gasteiger partial charge in [0.1, 0.15) is 18.2 Å². The van der Waals surface area contributed by atoms with Gasteiger partial charge in [-0.3, -0.25) is 0 Å². The predicted octanol–water partition coefficient (Wildman–Crippen LogP) is 8.02. The molecule has 1 fully saturated rings. The first-order chi connectivity index (χ1) is 16.4. The van der Waals surface area contributed by atoms with Crippen molar-refractivity contribution < 1.29 is 31.8 Å².